The molecule has 1 aromatic carbocycles. The molecule has 0 saturated carbocycles. The molecule has 0 aliphatic carbocycles. The summed E-state index contributed by atoms with van der Waals surface area (Å²) in [6, 6.07) is 11.2. The highest BCUT2D eigenvalue weighted by atomic mass is 16.5. The van der Waals surface area contributed by atoms with Crippen molar-refractivity contribution in [3.63, 3.8) is 0 Å². The SMILES string of the molecule is COc1cccc(C(=O)N2CCCC2c2[nH]ncc2-c2ccncc2)c1. The highest BCUT2D eigenvalue weighted by Gasteiger charge is 2.33. The smallest absolute Gasteiger partial charge is 0.254 e. The number of likely N-dealkylation sites (tertiary alicyclic amines) is 1. The van der Waals surface area contributed by atoms with E-state index in [1.807, 2.05) is 41.4 Å². The van der Waals surface area contributed by atoms with E-state index < -0.39 is 0 Å². The van der Waals surface area contributed by atoms with Crippen LogP contribution in [0.15, 0.2) is 55.0 Å². The maximum absolute atomic E-state index is 13.1. The van der Waals surface area contributed by atoms with Crippen molar-refractivity contribution >= 4 is 5.91 Å². The Morgan fingerprint density at radius 3 is 2.92 bits per heavy atom. The second-order valence-corrected chi connectivity index (χ2v) is 6.32. The molecule has 1 N–H and O–H groups in total. The van der Waals surface area contributed by atoms with Gasteiger partial charge in [-0.25, -0.2) is 0 Å². The summed E-state index contributed by atoms with van der Waals surface area (Å²) in [6.07, 6.45) is 7.22. The van der Waals surface area contributed by atoms with Gasteiger partial charge < -0.3 is 9.64 Å². The lowest BCUT2D eigenvalue weighted by atomic mass is 10.0. The van der Waals surface area contributed by atoms with Crippen LogP contribution in [-0.4, -0.2) is 39.6 Å². The molecule has 1 aliphatic rings. The van der Waals surface area contributed by atoms with Gasteiger partial charge in [-0.2, -0.15) is 5.10 Å². The molecule has 3 aromatic rings. The maximum atomic E-state index is 13.1. The largest absolute Gasteiger partial charge is 0.497 e. The number of nitrogens with zero attached hydrogens (tertiary/aromatic N) is 3. The number of carbonyl (C=O) groups is 1. The first-order valence-corrected chi connectivity index (χ1v) is 8.66. The van der Waals surface area contributed by atoms with Gasteiger partial charge >= 0.3 is 0 Å². The highest BCUT2D eigenvalue weighted by molar-refractivity contribution is 5.95. The molecule has 0 radical (unpaired) electrons. The molecule has 6 nitrogen and oxygen atoms in total. The standard InChI is InChI=1S/C20H20N4O2/c1-26-16-5-2-4-15(12-16)20(25)24-11-3-6-18(24)19-17(13-22-23-19)14-7-9-21-10-8-14/h2,4-5,7-10,12-13,18H,3,6,11H2,1H3,(H,22,23). The average Bonchev–Trinajstić information content (AvgIpc) is 3.37. The van der Waals surface area contributed by atoms with E-state index in [4.69, 9.17) is 4.74 Å². The summed E-state index contributed by atoms with van der Waals surface area (Å²) in [5.74, 6) is 0.701. The molecule has 0 spiro atoms. The molecule has 26 heavy (non-hydrogen) atoms. The van der Waals surface area contributed by atoms with Crippen LogP contribution in [0.1, 0.15) is 34.9 Å². The first-order valence-electron chi connectivity index (χ1n) is 8.66. The number of hydrogen-bond donors (Lipinski definition) is 1. The third-order valence-corrected chi connectivity index (χ3v) is 4.82. The van der Waals surface area contributed by atoms with Crippen molar-refractivity contribution in [1.29, 1.82) is 0 Å². The number of hydrogen-bond acceptors (Lipinski definition) is 4. The van der Waals surface area contributed by atoms with E-state index in [1.165, 1.54) is 0 Å². The number of ether oxygens (including phenoxy) is 1. The number of aromatic amines is 1. The lowest BCUT2D eigenvalue weighted by molar-refractivity contribution is 0.0733. The molecule has 132 valence electrons. The van der Waals surface area contributed by atoms with Crippen molar-refractivity contribution in [2.24, 2.45) is 0 Å². The van der Waals surface area contributed by atoms with Gasteiger partial charge in [-0.1, -0.05) is 6.07 Å². The molecule has 1 fully saturated rings. The minimum atomic E-state index is -0.0145. The first kappa shape index (κ1) is 16.3. The van der Waals surface area contributed by atoms with Gasteiger partial charge in [0.25, 0.3) is 5.91 Å². The van der Waals surface area contributed by atoms with E-state index in [-0.39, 0.29) is 11.9 Å². The van der Waals surface area contributed by atoms with Gasteiger partial charge in [0.2, 0.25) is 0 Å². The van der Waals surface area contributed by atoms with Crippen LogP contribution in [0, 0.1) is 0 Å². The monoisotopic (exact) mass is 348 g/mol. The summed E-state index contributed by atoms with van der Waals surface area (Å²) in [5, 5.41) is 7.35. The fourth-order valence-corrected chi connectivity index (χ4v) is 3.54. The average molecular weight is 348 g/mol. The van der Waals surface area contributed by atoms with Gasteiger partial charge in [0.15, 0.2) is 0 Å². The molecule has 1 saturated heterocycles. The van der Waals surface area contributed by atoms with Gasteiger partial charge in [0.1, 0.15) is 5.75 Å². The van der Waals surface area contributed by atoms with Crippen LogP contribution in [0.25, 0.3) is 11.1 Å². The molecule has 1 unspecified atom stereocenters. The fourth-order valence-electron chi connectivity index (χ4n) is 3.54. The highest BCUT2D eigenvalue weighted by Crippen LogP contribution is 2.37. The number of rotatable bonds is 4. The molecule has 1 aliphatic heterocycles. The van der Waals surface area contributed by atoms with Crippen LogP contribution in [0.3, 0.4) is 0 Å². The van der Waals surface area contributed by atoms with Crippen LogP contribution in [0.4, 0.5) is 0 Å². The van der Waals surface area contributed by atoms with Crippen molar-refractivity contribution in [3.8, 4) is 16.9 Å². The number of amides is 1. The topological polar surface area (TPSA) is 71.1 Å². The predicted octanol–water partition coefficient (Wildman–Crippen LogP) is 3.46. The minimum Gasteiger partial charge on any atom is -0.497 e. The third-order valence-electron chi connectivity index (χ3n) is 4.82. The summed E-state index contributed by atoms with van der Waals surface area (Å²) in [5.41, 5.74) is 3.68. The second-order valence-electron chi connectivity index (χ2n) is 6.32. The second kappa shape index (κ2) is 7.00. The van der Waals surface area contributed by atoms with E-state index in [0.717, 1.165) is 36.2 Å². The van der Waals surface area contributed by atoms with E-state index in [0.29, 0.717) is 11.3 Å². The Kier molecular flexibility index (Phi) is 4.39. The third kappa shape index (κ3) is 2.94. The summed E-state index contributed by atoms with van der Waals surface area (Å²) < 4.78 is 5.25. The van der Waals surface area contributed by atoms with Crippen LogP contribution < -0.4 is 4.74 Å². The van der Waals surface area contributed by atoms with Crippen molar-refractivity contribution in [2.75, 3.05) is 13.7 Å². The number of nitrogens with one attached hydrogen (secondary N) is 1. The number of methoxy groups -OCH3 is 1. The molecule has 1 amide bonds. The minimum absolute atomic E-state index is 0.0145. The van der Waals surface area contributed by atoms with Gasteiger partial charge in [-0.3, -0.25) is 14.9 Å². The molecular weight excluding hydrogens is 328 g/mol. The summed E-state index contributed by atoms with van der Waals surface area (Å²) in [6.45, 7) is 0.732. The van der Waals surface area contributed by atoms with Crippen LogP contribution in [0.2, 0.25) is 0 Å². The lowest BCUT2D eigenvalue weighted by Crippen LogP contribution is -2.31. The zero-order valence-corrected chi connectivity index (χ0v) is 14.6. The zero-order chi connectivity index (χ0) is 17.9. The van der Waals surface area contributed by atoms with Crippen LogP contribution >= 0.6 is 0 Å². The number of pyridine rings is 1. The molecular formula is C20H20N4O2. The van der Waals surface area contributed by atoms with Crippen LogP contribution in [0.5, 0.6) is 5.75 Å². The Morgan fingerprint density at radius 2 is 2.12 bits per heavy atom. The molecule has 6 heteroatoms. The molecule has 4 rings (SSSR count). The van der Waals surface area contributed by atoms with E-state index in [9.17, 15) is 4.79 Å². The van der Waals surface area contributed by atoms with Gasteiger partial charge in [0.05, 0.1) is 25.0 Å². The summed E-state index contributed by atoms with van der Waals surface area (Å²) >= 11 is 0. The van der Waals surface area contributed by atoms with Gasteiger partial charge in [0, 0.05) is 30.1 Å². The normalized spacial score (nSPS) is 16.7. The molecule has 2 aromatic heterocycles. The molecule has 3 heterocycles. The Bertz CT molecular complexity index is 907. The Balaban J connectivity index is 1.66. The summed E-state index contributed by atoms with van der Waals surface area (Å²) in [4.78, 5) is 19.1. The first-order chi connectivity index (χ1) is 12.8. The lowest BCUT2D eigenvalue weighted by Gasteiger charge is -2.25. The Hall–Kier alpha value is -3.15. The quantitative estimate of drug-likeness (QED) is 0.784. The summed E-state index contributed by atoms with van der Waals surface area (Å²) in [7, 11) is 1.61. The van der Waals surface area contributed by atoms with Crippen molar-refractivity contribution < 1.29 is 9.53 Å². The maximum Gasteiger partial charge on any atom is 0.254 e. The molecule has 0 bridgehead atoms. The van der Waals surface area contributed by atoms with E-state index >= 15 is 0 Å². The predicted molar refractivity (Wildman–Crippen MR) is 97.8 cm³/mol. The Labute approximate surface area is 151 Å². The van der Waals surface area contributed by atoms with Crippen molar-refractivity contribution in [1.82, 2.24) is 20.1 Å². The van der Waals surface area contributed by atoms with Crippen LogP contribution in [-0.2, 0) is 0 Å². The van der Waals surface area contributed by atoms with Gasteiger partial charge in [-0.05, 0) is 48.7 Å². The number of aromatic nitrogens is 3. The van der Waals surface area contributed by atoms with E-state index in [1.54, 1.807) is 25.6 Å². The number of H-pyrrole nitrogens is 1. The van der Waals surface area contributed by atoms with Crippen molar-refractivity contribution in [2.45, 2.75) is 18.9 Å². The number of benzene rings is 1. The number of carbonyl (C=O) groups excluding carboxylic acids is 1. The zero-order valence-electron chi connectivity index (χ0n) is 14.6. The molecule has 1 atom stereocenters. The Morgan fingerprint density at radius 1 is 1.27 bits per heavy atom. The van der Waals surface area contributed by atoms with E-state index in [2.05, 4.69) is 15.2 Å². The fraction of sp³-hybridized carbons (Fsp3) is 0.250. The van der Waals surface area contributed by atoms with Gasteiger partial charge in [-0.15, -0.1) is 0 Å². The van der Waals surface area contributed by atoms with Crippen molar-refractivity contribution in [3.05, 3.63) is 66.2 Å².